The van der Waals surface area contributed by atoms with Crippen molar-refractivity contribution in [3.05, 3.63) is 59.7 Å². The zero-order valence-electron chi connectivity index (χ0n) is 19.9. The first-order valence-electron chi connectivity index (χ1n) is 12.1. The molecule has 0 radical (unpaired) electrons. The third kappa shape index (κ3) is 5.81. The van der Waals surface area contributed by atoms with Crippen molar-refractivity contribution in [3.8, 4) is 11.1 Å². The number of ether oxygens (including phenoxy) is 1. The number of alkyl carbamates (subject to hydrolysis) is 1. The van der Waals surface area contributed by atoms with Crippen LogP contribution < -0.4 is 10.6 Å². The van der Waals surface area contributed by atoms with Crippen LogP contribution >= 0.6 is 11.8 Å². The standard InChI is InChI=1S/C27H32N2O5S/c1-27(13-7-6-12-23(27)25(32)28-14-15-35-17-24(30)31)29-26(33)34-16-22-20-10-4-2-8-18(20)19-9-3-5-11-21(19)22/h2-5,8-11,22-23H,6-7,12-17H2,1H3,(H,28,32)(H,29,33)(H,30,31). The maximum Gasteiger partial charge on any atom is 0.407 e. The molecule has 2 aromatic carbocycles. The van der Waals surface area contributed by atoms with E-state index in [-0.39, 0.29) is 30.1 Å². The van der Waals surface area contributed by atoms with Gasteiger partial charge >= 0.3 is 12.1 Å². The van der Waals surface area contributed by atoms with Gasteiger partial charge in [-0.05, 0) is 42.0 Å². The Kier molecular flexibility index (Phi) is 8.00. The van der Waals surface area contributed by atoms with Gasteiger partial charge in [0.2, 0.25) is 5.91 Å². The molecule has 0 bridgehead atoms. The van der Waals surface area contributed by atoms with Gasteiger partial charge in [-0.2, -0.15) is 0 Å². The molecule has 3 N–H and O–H groups in total. The van der Waals surface area contributed by atoms with Crippen LogP contribution in [-0.2, 0) is 14.3 Å². The van der Waals surface area contributed by atoms with Crippen molar-refractivity contribution in [1.82, 2.24) is 10.6 Å². The Balaban J connectivity index is 1.35. The van der Waals surface area contributed by atoms with E-state index in [0.29, 0.717) is 25.1 Å². The molecule has 2 unspecified atom stereocenters. The van der Waals surface area contributed by atoms with Crippen molar-refractivity contribution in [3.63, 3.8) is 0 Å². The molecule has 4 rings (SSSR count). The third-order valence-corrected chi connectivity index (χ3v) is 7.97. The van der Waals surface area contributed by atoms with Gasteiger partial charge in [0, 0.05) is 18.2 Å². The van der Waals surface area contributed by atoms with Gasteiger partial charge in [-0.15, -0.1) is 11.8 Å². The molecule has 0 aromatic heterocycles. The molecule has 0 spiro atoms. The number of nitrogens with one attached hydrogen (secondary N) is 2. The Morgan fingerprint density at radius 3 is 2.37 bits per heavy atom. The summed E-state index contributed by atoms with van der Waals surface area (Å²) in [5.41, 5.74) is 3.97. The highest BCUT2D eigenvalue weighted by Crippen LogP contribution is 2.44. The number of rotatable bonds is 9. The lowest BCUT2D eigenvalue weighted by Gasteiger charge is -2.40. The molecule has 7 nitrogen and oxygen atoms in total. The first-order valence-corrected chi connectivity index (χ1v) is 13.2. The number of benzene rings is 2. The van der Waals surface area contributed by atoms with E-state index in [1.807, 2.05) is 31.2 Å². The van der Waals surface area contributed by atoms with Crippen molar-refractivity contribution in [2.45, 2.75) is 44.1 Å². The van der Waals surface area contributed by atoms with E-state index >= 15 is 0 Å². The summed E-state index contributed by atoms with van der Waals surface area (Å²) in [7, 11) is 0. The first kappa shape index (κ1) is 25.1. The molecule has 2 amide bonds. The largest absolute Gasteiger partial charge is 0.481 e. The van der Waals surface area contributed by atoms with Crippen LogP contribution in [0.5, 0.6) is 0 Å². The van der Waals surface area contributed by atoms with Crippen molar-refractivity contribution >= 4 is 29.7 Å². The summed E-state index contributed by atoms with van der Waals surface area (Å²) in [6.07, 6.45) is 2.73. The van der Waals surface area contributed by atoms with Gasteiger partial charge in [-0.25, -0.2) is 4.79 Å². The zero-order valence-corrected chi connectivity index (χ0v) is 20.7. The highest BCUT2D eigenvalue weighted by atomic mass is 32.2. The van der Waals surface area contributed by atoms with Crippen LogP contribution in [0, 0.1) is 5.92 Å². The van der Waals surface area contributed by atoms with E-state index in [1.165, 1.54) is 22.9 Å². The second-order valence-corrected chi connectivity index (χ2v) is 10.5. The Morgan fingerprint density at radius 1 is 1.06 bits per heavy atom. The van der Waals surface area contributed by atoms with Gasteiger partial charge in [0.05, 0.1) is 17.2 Å². The van der Waals surface area contributed by atoms with Gasteiger partial charge in [-0.1, -0.05) is 61.4 Å². The SMILES string of the molecule is CC1(NC(=O)OCC2c3ccccc3-c3ccccc32)CCCCC1C(=O)NCCSCC(=O)O. The van der Waals surface area contributed by atoms with Gasteiger partial charge in [0.1, 0.15) is 6.61 Å². The van der Waals surface area contributed by atoms with Crippen molar-refractivity contribution in [1.29, 1.82) is 0 Å². The molecule has 0 saturated heterocycles. The molecule has 2 aromatic rings. The van der Waals surface area contributed by atoms with Crippen LogP contribution in [0.1, 0.15) is 49.7 Å². The van der Waals surface area contributed by atoms with E-state index in [1.54, 1.807) is 0 Å². The molecular weight excluding hydrogens is 464 g/mol. The maximum atomic E-state index is 12.9. The van der Waals surface area contributed by atoms with E-state index < -0.39 is 17.6 Å². The van der Waals surface area contributed by atoms with Crippen molar-refractivity contribution < 1.29 is 24.2 Å². The summed E-state index contributed by atoms with van der Waals surface area (Å²) in [6.45, 7) is 2.54. The number of carboxylic acids is 1. The van der Waals surface area contributed by atoms with E-state index in [4.69, 9.17) is 9.84 Å². The van der Waals surface area contributed by atoms with Crippen molar-refractivity contribution in [2.75, 3.05) is 24.7 Å². The quantitative estimate of drug-likeness (QED) is 0.444. The lowest BCUT2D eigenvalue weighted by Crippen LogP contribution is -2.57. The number of aliphatic carboxylic acids is 1. The number of carbonyl (C=O) groups is 3. The summed E-state index contributed by atoms with van der Waals surface area (Å²) < 4.78 is 5.73. The number of carbonyl (C=O) groups excluding carboxylic acids is 2. The molecule has 1 fully saturated rings. The number of thioether (sulfide) groups is 1. The van der Waals surface area contributed by atoms with E-state index in [2.05, 4.69) is 34.9 Å². The van der Waals surface area contributed by atoms with Crippen LogP contribution in [-0.4, -0.2) is 53.3 Å². The molecule has 2 aliphatic rings. The lowest BCUT2D eigenvalue weighted by atomic mass is 9.73. The highest BCUT2D eigenvalue weighted by Gasteiger charge is 2.42. The topological polar surface area (TPSA) is 105 Å². The van der Waals surface area contributed by atoms with E-state index in [9.17, 15) is 14.4 Å². The summed E-state index contributed by atoms with van der Waals surface area (Å²) in [5, 5.41) is 14.6. The Bertz CT molecular complexity index is 1050. The average molecular weight is 497 g/mol. The number of hydrogen-bond donors (Lipinski definition) is 3. The normalized spacial score (nSPS) is 21.0. The fourth-order valence-electron chi connectivity index (χ4n) is 5.30. The number of fused-ring (bicyclic) bond motifs is 3. The molecule has 8 heteroatoms. The van der Waals surface area contributed by atoms with Crippen LogP contribution in [0.25, 0.3) is 11.1 Å². The van der Waals surface area contributed by atoms with Gasteiger partial charge in [-0.3, -0.25) is 9.59 Å². The first-order chi connectivity index (χ1) is 16.9. The molecule has 2 aliphatic carbocycles. The lowest BCUT2D eigenvalue weighted by molar-refractivity contribution is -0.134. The second kappa shape index (κ2) is 11.2. The minimum Gasteiger partial charge on any atom is -0.481 e. The predicted octanol–water partition coefficient (Wildman–Crippen LogP) is 4.41. The van der Waals surface area contributed by atoms with Gasteiger partial charge < -0.3 is 20.5 Å². The molecular formula is C27H32N2O5S. The Hall–Kier alpha value is -3.00. The Morgan fingerprint density at radius 2 is 1.71 bits per heavy atom. The smallest absolute Gasteiger partial charge is 0.407 e. The molecule has 0 aliphatic heterocycles. The van der Waals surface area contributed by atoms with Gasteiger partial charge in [0.25, 0.3) is 0 Å². The molecule has 1 saturated carbocycles. The molecule has 186 valence electrons. The zero-order chi connectivity index (χ0) is 24.8. The number of amides is 2. The fraction of sp³-hybridized carbons (Fsp3) is 0.444. The van der Waals surface area contributed by atoms with E-state index in [0.717, 1.165) is 24.0 Å². The number of hydrogen-bond acceptors (Lipinski definition) is 5. The summed E-state index contributed by atoms with van der Waals surface area (Å²) in [6, 6.07) is 16.4. The monoisotopic (exact) mass is 496 g/mol. The predicted molar refractivity (Wildman–Crippen MR) is 137 cm³/mol. The van der Waals surface area contributed by atoms with Crippen LogP contribution in [0.2, 0.25) is 0 Å². The summed E-state index contributed by atoms with van der Waals surface area (Å²) >= 11 is 1.27. The maximum absolute atomic E-state index is 12.9. The fourth-order valence-corrected chi connectivity index (χ4v) is 5.87. The summed E-state index contributed by atoms with van der Waals surface area (Å²) in [5.74, 6) is -0.812. The molecule has 35 heavy (non-hydrogen) atoms. The van der Waals surface area contributed by atoms with Gasteiger partial charge in [0.15, 0.2) is 0 Å². The number of carboxylic acid groups (broad SMARTS) is 1. The molecule has 0 heterocycles. The minimum atomic E-state index is -0.867. The van der Waals surface area contributed by atoms with Crippen LogP contribution in [0.15, 0.2) is 48.5 Å². The second-order valence-electron chi connectivity index (χ2n) is 9.40. The molecule has 2 atom stereocenters. The van der Waals surface area contributed by atoms with Crippen LogP contribution in [0.3, 0.4) is 0 Å². The van der Waals surface area contributed by atoms with Crippen molar-refractivity contribution in [2.24, 2.45) is 5.92 Å². The average Bonchev–Trinajstić information content (AvgIpc) is 3.16. The highest BCUT2D eigenvalue weighted by molar-refractivity contribution is 7.99. The van der Waals surface area contributed by atoms with Crippen LogP contribution in [0.4, 0.5) is 4.79 Å². The minimum absolute atomic E-state index is 0.0142. The third-order valence-electron chi connectivity index (χ3n) is 7.03. The summed E-state index contributed by atoms with van der Waals surface area (Å²) in [4.78, 5) is 36.4. The Labute approximate surface area is 210 Å².